The molecule has 0 aliphatic heterocycles. The van der Waals surface area contributed by atoms with Crippen molar-refractivity contribution in [1.29, 1.82) is 0 Å². The van der Waals surface area contributed by atoms with Crippen molar-refractivity contribution in [2.75, 3.05) is 0 Å². The van der Waals surface area contributed by atoms with Gasteiger partial charge in [0.25, 0.3) is 0 Å². The van der Waals surface area contributed by atoms with Gasteiger partial charge in [-0.2, -0.15) is 5.10 Å². The maximum atomic E-state index is 4.66. The van der Waals surface area contributed by atoms with Crippen LogP contribution in [0.3, 0.4) is 0 Å². The molecular formula is C19H25N7. The number of nitrogens with one attached hydrogen (secondary N) is 1. The Kier molecular flexibility index (Phi) is 5.06. The van der Waals surface area contributed by atoms with Crippen LogP contribution in [0.15, 0.2) is 36.9 Å². The van der Waals surface area contributed by atoms with Gasteiger partial charge < -0.3 is 4.57 Å². The number of nitrogens with zero attached hydrogens (tertiary/aromatic N) is 6. The third kappa shape index (κ3) is 3.46. The van der Waals surface area contributed by atoms with Gasteiger partial charge in [0.05, 0.1) is 29.0 Å². The second-order valence-electron chi connectivity index (χ2n) is 6.24. The first-order chi connectivity index (χ1) is 12.5. The summed E-state index contributed by atoms with van der Waals surface area (Å²) in [5.74, 6) is 1.41. The maximum Gasteiger partial charge on any atom is 0.229 e. The van der Waals surface area contributed by atoms with Crippen molar-refractivity contribution >= 4 is 18.9 Å². The quantitative estimate of drug-likeness (QED) is 0.691. The summed E-state index contributed by atoms with van der Waals surface area (Å²) in [7, 11) is 0. The average molecular weight is 351 g/mol. The van der Waals surface area contributed by atoms with E-state index in [9.17, 15) is 0 Å². The largest absolute Gasteiger partial charge is 0.309 e. The number of fused-ring (bicyclic) bond motifs is 1. The minimum atomic E-state index is 0.598. The molecule has 0 aliphatic carbocycles. The summed E-state index contributed by atoms with van der Waals surface area (Å²) in [6.45, 7) is 18.0. The Balaban J connectivity index is 2.18. The van der Waals surface area contributed by atoms with E-state index in [-0.39, 0.29) is 0 Å². The Bertz CT molecular complexity index is 1080. The van der Waals surface area contributed by atoms with Gasteiger partial charge in [0, 0.05) is 25.1 Å². The van der Waals surface area contributed by atoms with Crippen LogP contribution in [0.25, 0.3) is 30.3 Å². The summed E-state index contributed by atoms with van der Waals surface area (Å²) < 4.78 is 5.72. The molecule has 3 aromatic heterocycles. The molecule has 0 saturated carbocycles. The topological polar surface area (TPSA) is 68.7 Å². The highest BCUT2D eigenvalue weighted by Crippen LogP contribution is 2.12. The number of H-pyrrole nitrogens is 1. The highest BCUT2D eigenvalue weighted by molar-refractivity contribution is 5.51. The van der Waals surface area contributed by atoms with E-state index in [1.165, 1.54) is 0 Å². The smallest absolute Gasteiger partial charge is 0.229 e. The van der Waals surface area contributed by atoms with Gasteiger partial charge in [-0.1, -0.05) is 39.2 Å². The van der Waals surface area contributed by atoms with Crippen molar-refractivity contribution in [1.82, 2.24) is 33.9 Å². The van der Waals surface area contributed by atoms with Crippen molar-refractivity contribution in [3.05, 3.63) is 47.6 Å². The normalized spacial score (nSPS) is 11.0. The van der Waals surface area contributed by atoms with Crippen LogP contribution < -0.4 is 10.7 Å². The molecule has 0 aromatic carbocycles. The molecule has 1 N–H and O–H groups in total. The lowest BCUT2D eigenvalue weighted by Crippen LogP contribution is -2.35. The third-order valence-corrected chi connectivity index (χ3v) is 4.23. The molecule has 0 amide bonds. The van der Waals surface area contributed by atoms with Gasteiger partial charge in [-0.3, -0.25) is 9.78 Å². The van der Waals surface area contributed by atoms with E-state index in [4.69, 9.17) is 0 Å². The number of allylic oxidation sites excluding steroid dienone is 1. The van der Waals surface area contributed by atoms with Crippen LogP contribution in [0, 0.1) is 0 Å². The third-order valence-electron chi connectivity index (χ3n) is 4.23. The lowest BCUT2D eigenvalue weighted by molar-refractivity contribution is 0.650. The molecule has 7 nitrogen and oxygen atoms in total. The molecule has 7 heteroatoms. The Morgan fingerprint density at radius 2 is 2.08 bits per heavy atom. The Morgan fingerprint density at radius 1 is 1.27 bits per heavy atom. The molecule has 3 heterocycles. The lowest BCUT2D eigenvalue weighted by Gasteiger charge is -2.08. The number of aromatic nitrogens is 7. The van der Waals surface area contributed by atoms with Crippen molar-refractivity contribution in [3.63, 3.8) is 0 Å². The standard InChI is InChI=1S/C19H25N7/c1-6-9-25-16(5)15(4)22-18(23-26-10-8-20-19(25)26)17-11-21-24(13-17)12-14(3)7-2/h8,10-11,13H,3-7,9,12H2,1-2H3,(H,22,23). The number of hydrogen-bond donors (Lipinski definition) is 1. The number of aryl methyl sites for hydroxylation is 1. The predicted octanol–water partition coefficient (Wildman–Crippen LogP) is 2.04. The number of aromatic amines is 1. The fourth-order valence-electron chi connectivity index (χ4n) is 2.70. The summed E-state index contributed by atoms with van der Waals surface area (Å²) in [5.41, 5.74) is 1.99. The van der Waals surface area contributed by atoms with Gasteiger partial charge in [-0.25, -0.2) is 14.5 Å². The summed E-state index contributed by atoms with van der Waals surface area (Å²) in [6.07, 6.45) is 9.23. The Labute approximate surface area is 152 Å². The zero-order valence-corrected chi connectivity index (χ0v) is 15.4. The van der Waals surface area contributed by atoms with Gasteiger partial charge in [0.1, 0.15) is 0 Å². The molecular weight excluding hydrogens is 326 g/mol. The van der Waals surface area contributed by atoms with Crippen molar-refractivity contribution in [3.8, 4) is 11.4 Å². The monoisotopic (exact) mass is 351 g/mol. The van der Waals surface area contributed by atoms with Crippen LogP contribution in [-0.2, 0) is 13.1 Å². The minimum absolute atomic E-state index is 0.598. The van der Waals surface area contributed by atoms with E-state index in [0.29, 0.717) is 17.7 Å². The van der Waals surface area contributed by atoms with E-state index in [1.807, 2.05) is 26.2 Å². The van der Waals surface area contributed by atoms with Gasteiger partial charge >= 0.3 is 0 Å². The predicted molar refractivity (Wildman–Crippen MR) is 104 cm³/mol. The maximum absolute atomic E-state index is 4.66. The van der Waals surface area contributed by atoms with E-state index in [1.54, 1.807) is 12.4 Å². The number of hydrogen-bond acceptors (Lipinski definition) is 3. The summed E-state index contributed by atoms with van der Waals surface area (Å²) in [6, 6.07) is 0. The molecule has 26 heavy (non-hydrogen) atoms. The molecule has 136 valence electrons. The number of imidazole rings is 1. The Hall–Kier alpha value is -3.09. The zero-order valence-electron chi connectivity index (χ0n) is 15.4. The summed E-state index contributed by atoms with van der Waals surface area (Å²) in [5, 5.41) is 9.05. The van der Waals surface area contributed by atoms with Crippen LogP contribution in [0.4, 0.5) is 0 Å². The van der Waals surface area contributed by atoms with Crippen molar-refractivity contribution in [2.24, 2.45) is 0 Å². The lowest BCUT2D eigenvalue weighted by atomic mass is 10.2. The molecule has 0 atom stereocenters. The molecule has 3 aromatic rings. The first-order valence-electron chi connectivity index (χ1n) is 8.77. The van der Waals surface area contributed by atoms with Crippen LogP contribution in [-0.4, -0.2) is 33.9 Å². The zero-order chi connectivity index (χ0) is 18.7. The van der Waals surface area contributed by atoms with E-state index >= 15 is 0 Å². The first-order valence-corrected chi connectivity index (χ1v) is 8.77. The molecule has 0 fully saturated rings. The SMILES string of the molecule is C=C(CC)Cn1cc(-c2nc(=C)c(=C)n(CCC)c3nccn3[nH]2)cn1. The fraction of sp³-hybridized carbons (Fsp3) is 0.316. The first kappa shape index (κ1) is 17.7. The van der Waals surface area contributed by atoms with E-state index in [2.05, 4.69) is 53.7 Å². The second kappa shape index (κ2) is 7.43. The van der Waals surface area contributed by atoms with E-state index in [0.717, 1.165) is 41.6 Å². The highest BCUT2D eigenvalue weighted by Gasteiger charge is 2.07. The molecule has 0 aliphatic rings. The second-order valence-corrected chi connectivity index (χ2v) is 6.24. The van der Waals surface area contributed by atoms with Gasteiger partial charge in [-0.15, -0.1) is 0 Å². The summed E-state index contributed by atoms with van der Waals surface area (Å²) >= 11 is 0. The highest BCUT2D eigenvalue weighted by atomic mass is 15.3. The minimum Gasteiger partial charge on any atom is -0.309 e. The van der Waals surface area contributed by atoms with Gasteiger partial charge in [0.2, 0.25) is 5.78 Å². The van der Waals surface area contributed by atoms with Crippen LogP contribution in [0.1, 0.15) is 26.7 Å². The van der Waals surface area contributed by atoms with Crippen molar-refractivity contribution in [2.45, 2.75) is 39.8 Å². The number of rotatable bonds is 6. The molecule has 0 spiro atoms. The van der Waals surface area contributed by atoms with Crippen LogP contribution in [0.2, 0.25) is 0 Å². The molecule has 0 unspecified atom stereocenters. The molecule has 0 saturated heterocycles. The average Bonchev–Trinajstić information content (AvgIpc) is 3.27. The molecule has 0 bridgehead atoms. The fourth-order valence-corrected chi connectivity index (χ4v) is 2.70. The van der Waals surface area contributed by atoms with Crippen LogP contribution >= 0.6 is 0 Å². The molecule has 3 rings (SSSR count). The summed E-state index contributed by atoms with van der Waals surface area (Å²) in [4.78, 5) is 9.12. The van der Waals surface area contributed by atoms with E-state index < -0.39 is 0 Å². The van der Waals surface area contributed by atoms with Gasteiger partial charge in [0.15, 0.2) is 5.82 Å². The van der Waals surface area contributed by atoms with Crippen molar-refractivity contribution < 1.29 is 0 Å². The van der Waals surface area contributed by atoms with Crippen LogP contribution in [0.5, 0.6) is 0 Å². The van der Waals surface area contributed by atoms with Gasteiger partial charge in [-0.05, 0) is 12.8 Å². The molecule has 0 radical (unpaired) electrons. The Morgan fingerprint density at radius 3 is 2.81 bits per heavy atom.